The van der Waals surface area contributed by atoms with Crippen LogP contribution in [0.3, 0.4) is 0 Å². The van der Waals surface area contributed by atoms with Crippen LogP contribution in [-0.4, -0.2) is 25.0 Å². The van der Waals surface area contributed by atoms with Crippen LogP contribution in [0.15, 0.2) is 30.6 Å². The first-order valence-corrected chi connectivity index (χ1v) is 6.30. The van der Waals surface area contributed by atoms with Gasteiger partial charge in [-0.05, 0) is 38.5 Å². The maximum absolute atomic E-state index is 10.6. The van der Waals surface area contributed by atoms with Crippen molar-refractivity contribution < 1.29 is 10.2 Å². The Balaban J connectivity index is 2.25. The van der Waals surface area contributed by atoms with Crippen LogP contribution in [0.25, 0.3) is 0 Å². The Kier molecular flexibility index (Phi) is 3.57. The molecule has 0 aliphatic carbocycles. The molecule has 0 saturated carbocycles. The number of nitrogens with zero attached hydrogens (tertiary/aromatic N) is 3. The maximum Gasteiger partial charge on any atom is 0.138 e. The lowest BCUT2D eigenvalue weighted by molar-refractivity contribution is 0.0539. The summed E-state index contributed by atoms with van der Waals surface area (Å²) in [4.78, 5) is 4.21. The van der Waals surface area contributed by atoms with Crippen molar-refractivity contribution in [1.82, 2.24) is 14.8 Å². The molecule has 1 aromatic heterocycles. The van der Waals surface area contributed by atoms with Crippen LogP contribution in [0, 0.1) is 0 Å². The second-order valence-electron chi connectivity index (χ2n) is 5.21. The third kappa shape index (κ3) is 2.93. The number of aromatic nitrogens is 3. The summed E-state index contributed by atoms with van der Waals surface area (Å²) in [5.41, 5.74) is -0.309. The van der Waals surface area contributed by atoms with E-state index in [0.29, 0.717) is 6.42 Å². The van der Waals surface area contributed by atoms with Crippen LogP contribution in [0.2, 0.25) is 0 Å². The summed E-state index contributed by atoms with van der Waals surface area (Å²) in [5, 5.41) is 24.0. The summed E-state index contributed by atoms with van der Waals surface area (Å²) in [6.07, 6.45) is 1.87. The van der Waals surface area contributed by atoms with E-state index in [9.17, 15) is 10.2 Å². The number of rotatable bonds is 4. The highest BCUT2D eigenvalue weighted by Gasteiger charge is 2.26. The van der Waals surface area contributed by atoms with Crippen molar-refractivity contribution in [3.8, 4) is 5.75 Å². The molecule has 102 valence electrons. The number of phenolic OH excluding ortho intramolecular Hbond substituents is 1. The van der Waals surface area contributed by atoms with Crippen molar-refractivity contribution in [2.45, 2.75) is 38.8 Å². The van der Waals surface area contributed by atoms with Crippen LogP contribution in [0.1, 0.15) is 38.2 Å². The molecule has 5 heteroatoms. The third-order valence-corrected chi connectivity index (χ3v) is 3.13. The lowest BCUT2D eigenvalue weighted by Gasteiger charge is -2.24. The first kappa shape index (κ1) is 13.5. The van der Waals surface area contributed by atoms with Crippen molar-refractivity contribution in [2.24, 2.45) is 0 Å². The van der Waals surface area contributed by atoms with E-state index >= 15 is 0 Å². The quantitative estimate of drug-likeness (QED) is 0.883. The highest BCUT2D eigenvalue weighted by atomic mass is 16.3. The molecule has 0 aliphatic rings. The molecule has 2 N–H and O–H groups in total. The van der Waals surface area contributed by atoms with Gasteiger partial charge in [-0.25, -0.2) is 9.67 Å². The Morgan fingerprint density at radius 2 is 1.89 bits per heavy atom. The third-order valence-electron chi connectivity index (χ3n) is 3.13. The Hall–Kier alpha value is -1.88. The molecule has 0 saturated heterocycles. The molecule has 1 aromatic carbocycles. The van der Waals surface area contributed by atoms with Gasteiger partial charge in [-0.2, -0.15) is 5.10 Å². The summed E-state index contributed by atoms with van der Waals surface area (Å²) < 4.78 is 1.80. The molecule has 1 unspecified atom stereocenters. The topological polar surface area (TPSA) is 71.2 Å². The smallest absolute Gasteiger partial charge is 0.138 e. The first-order chi connectivity index (χ1) is 8.90. The van der Waals surface area contributed by atoms with Crippen LogP contribution in [-0.2, 0) is 12.0 Å². The highest BCUT2D eigenvalue weighted by molar-refractivity contribution is 5.30. The number of aliphatic hydroxyl groups is 1. The maximum atomic E-state index is 10.6. The Morgan fingerprint density at radius 1 is 1.26 bits per heavy atom. The average molecular weight is 261 g/mol. The molecule has 1 atom stereocenters. The van der Waals surface area contributed by atoms with Crippen LogP contribution in [0.4, 0.5) is 0 Å². The SMILES string of the molecule is CC(C)n1ncnc1CC(C)(O)c1ccc(O)cc1. The fourth-order valence-electron chi connectivity index (χ4n) is 2.06. The molecule has 0 amide bonds. The van der Waals surface area contributed by atoms with Crippen molar-refractivity contribution >= 4 is 0 Å². The van der Waals surface area contributed by atoms with Gasteiger partial charge < -0.3 is 10.2 Å². The van der Waals surface area contributed by atoms with Crippen LogP contribution >= 0.6 is 0 Å². The fourth-order valence-corrected chi connectivity index (χ4v) is 2.06. The number of aromatic hydroxyl groups is 1. The Morgan fingerprint density at radius 3 is 2.47 bits per heavy atom. The molecule has 0 aliphatic heterocycles. The molecular weight excluding hydrogens is 242 g/mol. The number of phenols is 1. The van der Waals surface area contributed by atoms with Crippen molar-refractivity contribution in [2.75, 3.05) is 0 Å². The van der Waals surface area contributed by atoms with Crippen molar-refractivity contribution in [3.05, 3.63) is 42.0 Å². The molecule has 2 aromatic rings. The van der Waals surface area contributed by atoms with Gasteiger partial charge in [0.1, 0.15) is 17.9 Å². The van der Waals surface area contributed by atoms with E-state index in [1.165, 1.54) is 6.33 Å². The van der Waals surface area contributed by atoms with Gasteiger partial charge in [0, 0.05) is 12.5 Å². The van der Waals surface area contributed by atoms with E-state index < -0.39 is 5.60 Å². The molecule has 0 bridgehead atoms. The van der Waals surface area contributed by atoms with E-state index in [0.717, 1.165) is 11.4 Å². The van der Waals surface area contributed by atoms with Crippen molar-refractivity contribution in [1.29, 1.82) is 0 Å². The average Bonchev–Trinajstić information content (AvgIpc) is 2.77. The zero-order valence-electron chi connectivity index (χ0n) is 11.4. The first-order valence-electron chi connectivity index (χ1n) is 6.30. The zero-order valence-corrected chi connectivity index (χ0v) is 11.4. The highest BCUT2D eigenvalue weighted by Crippen LogP contribution is 2.26. The van der Waals surface area contributed by atoms with Crippen LogP contribution < -0.4 is 0 Å². The molecule has 2 rings (SSSR count). The normalized spacial score (nSPS) is 14.6. The lowest BCUT2D eigenvalue weighted by atomic mass is 9.92. The summed E-state index contributed by atoms with van der Waals surface area (Å²) in [6, 6.07) is 6.76. The lowest BCUT2D eigenvalue weighted by Crippen LogP contribution is -2.26. The molecule has 0 fully saturated rings. The molecular formula is C14H19N3O2. The minimum absolute atomic E-state index is 0.185. The summed E-state index contributed by atoms with van der Waals surface area (Å²) >= 11 is 0. The monoisotopic (exact) mass is 261 g/mol. The van der Waals surface area contributed by atoms with Gasteiger partial charge in [-0.1, -0.05) is 12.1 Å². The molecule has 0 spiro atoms. The van der Waals surface area contributed by atoms with Crippen LogP contribution in [0.5, 0.6) is 5.75 Å². The standard InChI is InChI=1S/C14H19N3O2/c1-10(2)17-13(15-9-16-17)8-14(3,19)11-4-6-12(18)7-5-11/h4-7,9-10,18-19H,8H2,1-3H3. The predicted octanol–water partition coefficient (Wildman–Crippen LogP) is 2.01. The van der Waals surface area contributed by atoms with Gasteiger partial charge >= 0.3 is 0 Å². The number of hydrogen-bond donors (Lipinski definition) is 2. The second kappa shape index (κ2) is 5.01. The molecule has 1 heterocycles. The van der Waals surface area contributed by atoms with E-state index in [1.807, 2.05) is 13.8 Å². The summed E-state index contributed by atoms with van der Waals surface area (Å²) in [7, 11) is 0. The second-order valence-corrected chi connectivity index (χ2v) is 5.21. The minimum Gasteiger partial charge on any atom is -0.508 e. The molecule has 0 radical (unpaired) electrons. The van der Waals surface area contributed by atoms with Gasteiger partial charge in [-0.15, -0.1) is 0 Å². The number of hydrogen-bond acceptors (Lipinski definition) is 4. The van der Waals surface area contributed by atoms with E-state index in [-0.39, 0.29) is 11.8 Å². The summed E-state index contributed by atoms with van der Waals surface area (Å²) in [5.74, 6) is 0.929. The van der Waals surface area contributed by atoms with E-state index in [2.05, 4.69) is 10.1 Å². The van der Waals surface area contributed by atoms with E-state index in [1.54, 1.807) is 35.9 Å². The predicted molar refractivity (Wildman–Crippen MR) is 71.8 cm³/mol. The fraction of sp³-hybridized carbons (Fsp3) is 0.429. The molecule has 19 heavy (non-hydrogen) atoms. The number of benzene rings is 1. The Labute approximate surface area is 112 Å². The van der Waals surface area contributed by atoms with Gasteiger partial charge in [-0.3, -0.25) is 0 Å². The Bertz CT molecular complexity index is 544. The van der Waals surface area contributed by atoms with E-state index in [4.69, 9.17) is 0 Å². The molecule has 5 nitrogen and oxygen atoms in total. The van der Waals surface area contributed by atoms with Gasteiger partial charge in [0.25, 0.3) is 0 Å². The largest absolute Gasteiger partial charge is 0.508 e. The summed E-state index contributed by atoms with van der Waals surface area (Å²) in [6.45, 7) is 5.78. The van der Waals surface area contributed by atoms with Gasteiger partial charge in [0.15, 0.2) is 0 Å². The zero-order chi connectivity index (χ0) is 14.0. The minimum atomic E-state index is -1.05. The van der Waals surface area contributed by atoms with Gasteiger partial charge in [0.05, 0.1) is 5.60 Å². The van der Waals surface area contributed by atoms with Crippen molar-refractivity contribution in [3.63, 3.8) is 0 Å². The van der Waals surface area contributed by atoms with Gasteiger partial charge in [0.2, 0.25) is 0 Å².